The summed E-state index contributed by atoms with van der Waals surface area (Å²) in [4.78, 5) is 26.2. The molecule has 1 saturated heterocycles. The number of carbonyl (C=O) groups is 2. The van der Waals surface area contributed by atoms with Gasteiger partial charge in [0, 0.05) is 10.7 Å². The van der Waals surface area contributed by atoms with Crippen molar-refractivity contribution in [1.82, 2.24) is 4.90 Å². The first-order valence-electron chi connectivity index (χ1n) is 7.35. The highest BCUT2D eigenvalue weighted by Crippen LogP contribution is 2.33. The molecule has 3 rings (SSSR count). The van der Waals surface area contributed by atoms with Gasteiger partial charge >= 0.3 is 0 Å². The van der Waals surface area contributed by atoms with Crippen LogP contribution in [0, 0.1) is 6.92 Å². The molecule has 2 aromatic rings. The lowest BCUT2D eigenvalue weighted by Gasteiger charge is -2.15. The fourth-order valence-electron chi connectivity index (χ4n) is 2.31. The smallest absolute Gasteiger partial charge is 0.295 e. The van der Waals surface area contributed by atoms with Gasteiger partial charge in [-0.3, -0.25) is 14.5 Å². The lowest BCUT2D eigenvalue weighted by molar-refractivity contribution is -0.122. The summed E-state index contributed by atoms with van der Waals surface area (Å²) in [6.07, 6.45) is 1.65. The summed E-state index contributed by atoms with van der Waals surface area (Å²) < 4.78 is 0. The van der Waals surface area contributed by atoms with Crippen LogP contribution in [0.1, 0.15) is 11.1 Å². The van der Waals surface area contributed by atoms with Gasteiger partial charge in [-0.1, -0.05) is 48.0 Å². The molecule has 2 aromatic carbocycles. The summed E-state index contributed by atoms with van der Waals surface area (Å²) in [6, 6.07) is 14.9. The molecule has 0 bridgehead atoms. The number of benzene rings is 2. The number of hydrogen-bond acceptors (Lipinski definition) is 4. The van der Waals surface area contributed by atoms with Crippen molar-refractivity contribution in [2.45, 2.75) is 6.92 Å². The minimum absolute atomic E-state index is 0.134. The van der Waals surface area contributed by atoms with Crippen LogP contribution in [-0.4, -0.2) is 22.7 Å². The van der Waals surface area contributed by atoms with E-state index in [0.29, 0.717) is 9.93 Å². The third-order valence-electron chi connectivity index (χ3n) is 3.64. The predicted molar refractivity (Wildman–Crippen MR) is 98.9 cm³/mol. The average Bonchev–Trinajstić information content (AvgIpc) is 2.83. The van der Waals surface area contributed by atoms with Crippen molar-refractivity contribution in [3.63, 3.8) is 0 Å². The van der Waals surface area contributed by atoms with Crippen molar-refractivity contribution in [2.24, 2.45) is 0 Å². The van der Waals surface area contributed by atoms with E-state index in [1.54, 1.807) is 12.1 Å². The van der Waals surface area contributed by atoms with Gasteiger partial charge in [0.25, 0.3) is 11.1 Å². The molecule has 24 heavy (non-hydrogen) atoms. The molecule has 122 valence electrons. The zero-order valence-corrected chi connectivity index (χ0v) is 14.5. The molecule has 0 spiro atoms. The molecule has 4 nitrogen and oxygen atoms in total. The van der Waals surface area contributed by atoms with E-state index >= 15 is 0 Å². The normalized spacial score (nSPS) is 16.1. The Morgan fingerprint density at radius 2 is 1.83 bits per heavy atom. The molecular formula is C18H15ClN2O2S. The number of carbonyl (C=O) groups excluding carboxylic acids is 2. The summed E-state index contributed by atoms with van der Waals surface area (Å²) in [7, 11) is 0. The van der Waals surface area contributed by atoms with Gasteiger partial charge in [-0.15, -0.1) is 0 Å². The third-order valence-corrected chi connectivity index (χ3v) is 4.89. The molecule has 1 heterocycles. The Morgan fingerprint density at radius 3 is 2.58 bits per heavy atom. The van der Waals surface area contributed by atoms with E-state index < -0.39 is 0 Å². The second-order valence-corrected chi connectivity index (χ2v) is 6.68. The first-order chi connectivity index (χ1) is 11.6. The number of nitrogens with zero attached hydrogens (tertiary/aromatic N) is 1. The predicted octanol–water partition coefficient (Wildman–Crippen LogP) is 4.75. The molecule has 1 fully saturated rings. The highest BCUT2D eigenvalue weighted by molar-refractivity contribution is 8.18. The SMILES string of the molecule is Cc1ccccc1NCN1C(=O)S/C(=C/c2ccccc2Cl)C1=O. The highest BCUT2D eigenvalue weighted by Gasteiger charge is 2.34. The van der Waals surface area contributed by atoms with E-state index in [1.165, 1.54) is 4.90 Å². The van der Waals surface area contributed by atoms with Crippen molar-refractivity contribution in [3.05, 3.63) is 69.6 Å². The van der Waals surface area contributed by atoms with E-state index in [0.717, 1.165) is 28.6 Å². The number of anilines is 1. The van der Waals surface area contributed by atoms with E-state index in [2.05, 4.69) is 5.32 Å². The fraction of sp³-hybridized carbons (Fsp3) is 0.111. The van der Waals surface area contributed by atoms with Crippen LogP contribution in [0.2, 0.25) is 5.02 Å². The lowest BCUT2D eigenvalue weighted by atomic mass is 10.2. The second-order valence-electron chi connectivity index (χ2n) is 5.28. The second kappa shape index (κ2) is 7.11. The van der Waals surface area contributed by atoms with Crippen molar-refractivity contribution in [1.29, 1.82) is 0 Å². The minimum Gasteiger partial charge on any atom is -0.367 e. The van der Waals surface area contributed by atoms with Gasteiger partial charge in [0.15, 0.2) is 0 Å². The van der Waals surface area contributed by atoms with Crippen LogP contribution in [0.5, 0.6) is 0 Å². The molecule has 0 saturated carbocycles. The summed E-state index contributed by atoms with van der Waals surface area (Å²) in [5.74, 6) is -0.314. The van der Waals surface area contributed by atoms with Gasteiger partial charge in [-0.05, 0) is 48.0 Å². The lowest BCUT2D eigenvalue weighted by Crippen LogP contribution is -2.33. The molecule has 1 aliphatic heterocycles. The van der Waals surface area contributed by atoms with Crippen molar-refractivity contribution in [2.75, 3.05) is 12.0 Å². The van der Waals surface area contributed by atoms with E-state index in [1.807, 2.05) is 49.4 Å². The molecule has 2 amide bonds. The van der Waals surface area contributed by atoms with Gasteiger partial charge in [0.2, 0.25) is 0 Å². The Morgan fingerprint density at radius 1 is 1.12 bits per heavy atom. The van der Waals surface area contributed by atoms with Crippen LogP contribution in [0.15, 0.2) is 53.4 Å². The van der Waals surface area contributed by atoms with Crippen LogP contribution in [0.3, 0.4) is 0 Å². The zero-order valence-electron chi connectivity index (χ0n) is 13.0. The number of hydrogen-bond donors (Lipinski definition) is 1. The Kier molecular flexibility index (Phi) is 4.92. The van der Waals surface area contributed by atoms with Crippen LogP contribution >= 0.6 is 23.4 Å². The van der Waals surface area contributed by atoms with Gasteiger partial charge < -0.3 is 5.32 Å². The molecule has 0 aliphatic carbocycles. The van der Waals surface area contributed by atoms with Crippen molar-refractivity contribution >= 4 is 46.3 Å². The fourth-order valence-corrected chi connectivity index (χ4v) is 3.32. The number of imide groups is 1. The molecule has 0 radical (unpaired) electrons. The maximum absolute atomic E-state index is 12.5. The number of thioether (sulfide) groups is 1. The van der Waals surface area contributed by atoms with Gasteiger partial charge in [-0.25, -0.2) is 0 Å². The Balaban J connectivity index is 1.75. The molecular weight excluding hydrogens is 344 g/mol. The summed E-state index contributed by atoms with van der Waals surface area (Å²) in [5, 5.41) is 3.38. The number of aryl methyl sites for hydroxylation is 1. The minimum atomic E-state index is -0.314. The Hall–Kier alpha value is -2.24. The van der Waals surface area contributed by atoms with Crippen LogP contribution in [-0.2, 0) is 4.79 Å². The Bertz CT molecular complexity index is 835. The molecule has 1 N–H and O–H groups in total. The molecule has 6 heteroatoms. The van der Waals surface area contributed by atoms with Gasteiger partial charge in [-0.2, -0.15) is 0 Å². The first kappa shape index (κ1) is 16.6. The van der Waals surface area contributed by atoms with E-state index in [-0.39, 0.29) is 17.8 Å². The van der Waals surface area contributed by atoms with Crippen LogP contribution < -0.4 is 5.32 Å². The number of halogens is 1. The monoisotopic (exact) mass is 358 g/mol. The number of amides is 2. The quantitative estimate of drug-likeness (QED) is 0.801. The largest absolute Gasteiger partial charge is 0.367 e. The standard InChI is InChI=1S/C18H15ClN2O2S/c1-12-6-2-5-9-15(12)20-11-21-17(22)16(24-18(21)23)10-13-7-3-4-8-14(13)19/h2-10,20H,11H2,1H3/b16-10+. The van der Waals surface area contributed by atoms with E-state index in [9.17, 15) is 9.59 Å². The molecule has 0 unspecified atom stereocenters. The summed E-state index contributed by atoms with van der Waals surface area (Å²) in [5.41, 5.74) is 2.67. The topological polar surface area (TPSA) is 49.4 Å². The maximum Gasteiger partial charge on any atom is 0.295 e. The number of rotatable bonds is 4. The maximum atomic E-state index is 12.5. The molecule has 1 aliphatic rings. The van der Waals surface area contributed by atoms with E-state index in [4.69, 9.17) is 11.6 Å². The molecule has 0 aromatic heterocycles. The third kappa shape index (κ3) is 3.47. The summed E-state index contributed by atoms with van der Waals surface area (Å²) >= 11 is 7.03. The summed E-state index contributed by atoms with van der Waals surface area (Å²) in [6.45, 7) is 2.10. The van der Waals surface area contributed by atoms with Crippen molar-refractivity contribution < 1.29 is 9.59 Å². The van der Waals surface area contributed by atoms with Gasteiger partial charge in [0.05, 0.1) is 11.6 Å². The van der Waals surface area contributed by atoms with Crippen molar-refractivity contribution in [3.8, 4) is 0 Å². The average molecular weight is 359 g/mol. The molecule has 0 atom stereocenters. The highest BCUT2D eigenvalue weighted by atomic mass is 35.5. The Labute approximate surface area is 149 Å². The number of nitrogens with one attached hydrogen (secondary N) is 1. The van der Waals surface area contributed by atoms with Crippen LogP contribution in [0.4, 0.5) is 10.5 Å². The van der Waals surface area contributed by atoms with Gasteiger partial charge in [0.1, 0.15) is 0 Å². The number of para-hydroxylation sites is 1. The first-order valence-corrected chi connectivity index (χ1v) is 8.55. The zero-order chi connectivity index (χ0) is 17.1. The van der Waals surface area contributed by atoms with Crippen LogP contribution in [0.25, 0.3) is 6.08 Å².